The summed E-state index contributed by atoms with van der Waals surface area (Å²) in [6.45, 7) is 2.09. The molecule has 0 aromatic heterocycles. The van der Waals surface area contributed by atoms with Crippen LogP contribution in [0.15, 0.2) is 58.3 Å². The fourth-order valence-electron chi connectivity index (χ4n) is 4.95. The fraction of sp³-hybridized carbons (Fsp3) is 0.419. The molecular formula is C31H38O9S2. The Balaban J connectivity index is 1.59. The first kappa shape index (κ1) is 31.7. The van der Waals surface area contributed by atoms with Crippen molar-refractivity contribution in [1.82, 2.24) is 0 Å². The van der Waals surface area contributed by atoms with Crippen molar-refractivity contribution in [2.24, 2.45) is 0 Å². The van der Waals surface area contributed by atoms with Crippen LogP contribution in [0.2, 0.25) is 0 Å². The number of aromatic hydroxyl groups is 1. The highest BCUT2D eigenvalue weighted by molar-refractivity contribution is 7.99. The van der Waals surface area contributed by atoms with Crippen molar-refractivity contribution in [3.8, 4) is 34.5 Å². The Labute approximate surface area is 252 Å². The Hall–Kier alpha value is -3.28. The summed E-state index contributed by atoms with van der Waals surface area (Å²) < 4.78 is 61.5. The van der Waals surface area contributed by atoms with Crippen LogP contribution in [-0.2, 0) is 14.6 Å². The summed E-state index contributed by atoms with van der Waals surface area (Å²) in [4.78, 5) is 1.07. The highest BCUT2D eigenvalue weighted by Crippen LogP contribution is 2.48. The fourth-order valence-corrected chi connectivity index (χ4v) is 7.19. The van der Waals surface area contributed by atoms with Crippen molar-refractivity contribution in [3.63, 3.8) is 0 Å². The number of phenolic OH excluding ortho intramolecular Hbond substituents is 1. The molecule has 3 aromatic rings. The normalized spacial score (nSPS) is 16.7. The molecule has 1 aliphatic rings. The van der Waals surface area contributed by atoms with Gasteiger partial charge in [0.1, 0.15) is 10.6 Å². The number of hydrogen-bond acceptors (Lipinski definition) is 10. The molecule has 0 aliphatic carbocycles. The Bertz CT molecular complexity index is 1430. The molecule has 0 saturated carbocycles. The summed E-state index contributed by atoms with van der Waals surface area (Å²) in [6, 6.07) is 14.1. The second-order valence-corrected chi connectivity index (χ2v) is 13.0. The van der Waals surface area contributed by atoms with Gasteiger partial charge in [0.25, 0.3) is 0 Å². The van der Waals surface area contributed by atoms with Crippen LogP contribution in [0.1, 0.15) is 49.5 Å². The van der Waals surface area contributed by atoms with Gasteiger partial charge in [0.15, 0.2) is 32.8 Å². The highest BCUT2D eigenvalue weighted by Gasteiger charge is 2.32. The Morgan fingerprint density at radius 3 is 1.90 bits per heavy atom. The third-order valence-electron chi connectivity index (χ3n) is 6.96. The zero-order valence-corrected chi connectivity index (χ0v) is 26.2. The first-order valence-corrected chi connectivity index (χ1v) is 16.3. The molecule has 0 bridgehead atoms. The van der Waals surface area contributed by atoms with Crippen molar-refractivity contribution in [3.05, 3.63) is 59.7 Å². The molecule has 4 rings (SSSR count). The van der Waals surface area contributed by atoms with Gasteiger partial charge >= 0.3 is 0 Å². The number of sulfone groups is 1. The van der Waals surface area contributed by atoms with Gasteiger partial charge in [0.05, 0.1) is 53.0 Å². The Morgan fingerprint density at radius 1 is 0.833 bits per heavy atom. The van der Waals surface area contributed by atoms with E-state index in [0.717, 1.165) is 16.9 Å². The van der Waals surface area contributed by atoms with Crippen LogP contribution in [0.25, 0.3) is 0 Å². The topological polar surface area (TPSA) is 110 Å². The molecule has 42 heavy (non-hydrogen) atoms. The molecular weight excluding hydrogens is 580 g/mol. The minimum Gasteiger partial charge on any atom is -0.508 e. The average molecular weight is 619 g/mol. The number of hydrogen-bond donors (Lipinski definition) is 1. The molecule has 1 saturated heterocycles. The third kappa shape index (κ3) is 7.19. The summed E-state index contributed by atoms with van der Waals surface area (Å²) in [6.07, 6.45) is 1.26. The van der Waals surface area contributed by atoms with Gasteiger partial charge in [-0.2, -0.15) is 0 Å². The molecule has 1 N–H and O–H groups in total. The minimum atomic E-state index is -3.65. The summed E-state index contributed by atoms with van der Waals surface area (Å²) in [5, 5.41) is 9.49. The number of ether oxygens (including phenoxy) is 6. The number of rotatable bonds is 14. The van der Waals surface area contributed by atoms with Crippen LogP contribution >= 0.6 is 11.8 Å². The Morgan fingerprint density at radius 2 is 1.38 bits per heavy atom. The van der Waals surface area contributed by atoms with E-state index in [0.29, 0.717) is 47.2 Å². The number of phenols is 1. The van der Waals surface area contributed by atoms with Crippen LogP contribution in [0.4, 0.5) is 0 Å². The van der Waals surface area contributed by atoms with Crippen molar-refractivity contribution in [2.75, 3.05) is 46.6 Å². The first-order valence-electron chi connectivity index (χ1n) is 13.7. The van der Waals surface area contributed by atoms with E-state index in [-0.39, 0.29) is 41.0 Å². The standard InChI is InChI=1S/C31H38O9S2/c1-6-15-42(33,34)29-19-21(18-28(37-4)31(29)39-13-14-41-23-9-7-22(32)8-10-23)25-12-11-24(40-25)20-16-26(35-2)30(38-5)27(17-20)36-3/h7-10,16-19,24-25,32H,6,11-15H2,1-5H3. The second kappa shape index (κ2) is 14.3. The summed E-state index contributed by atoms with van der Waals surface area (Å²) in [5.41, 5.74) is 1.59. The maximum Gasteiger partial charge on any atom is 0.203 e. The molecule has 0 radical (unpaired) electrons. The van der Waals surface area contributed by atoms with Gasteiger partial charge in [-0.3, -0.25) is 0 Å². The van der Waals surface area contributed by atoms with Crippen LogP contribution < -0.4 is 23.7 Å². The lowest BCUT2D eigenvalue weighted by atomic mass is 10.0. The molecule has 1 fully saturated rings. The molecule has 9 nitrogen and oxygen atoms in total. The van der Waals surface area contributed by atoms with Gasteiger partial charge in [-0.25, -0.2) is 8.42 Å². The van der Waals surface area contributed by atoms with E-state index < -0.39 is 9.84 Å². The van der Waals surface area contributed by atoms with Crippen LogP contribution in [-0.4, -0.2) is 60.1 Å². The minimum absolute atomic E-state index is 0.0161. The van der Waals surface area contributed by atoms with E-state index in [1.54, 1.807) is 57.4 Å². The third-order valence-corrected chi connectivity index (χ3v) is 9.85. The lowest BCUT2D eigenvalue weighted by Gasteiger charge is -2.21. The van der Waals surface area contributed by atoms with Crippen LogP contribution in [0.3, 0.4) is 0 Å². The molecule has 11 heteroatoms. The molecule has 3 aromatic carbocycles. The highest BCUT2D eigenvalue weighted by atomic mass is 32.2. The van der Waals surface area contributed by atoms with E-state index in [9.17, 15) is 13.5 Å². The molecule has 2 atom stereocenters. The van der Waals surface area contributed by atoms with Crippen molar-refractivity contribution < 1.29 is 41.9 Å². The Kier molecular flexibility index (Phi) is 10.7. The van der Waals surface area contributed by atoms with Gasteiger partial charge < -0.3 is 33.5 Å². The quantitative estimate of drug-likeness (QED) is 0.162. The smallest absolute Gasteiger partial charge is 0.203 e. The van der Waals surface area contributed by atoms with Gasteiger partial charge in [-0.15, -0.1) is 11.8 Å². The zero-order chi connectivity index (χ0) is 30.3. The van der Waals surface area contributed by atoms with Crippen molar-refractivity contribution >= 4 is 21.6 Å². The van der Waals surface area contributed by atoms with Gasteiger partial charge in [-0.05, 0) is 78.9 Å². The summed E-state index contributed by atoms with van der Waals surface area (Å²) in [7, 11) is 2.54. The number of benzene rings is 3. The first-order chi connectivity index (χ1) is 20.2. The predicted octanol–water partition coefficient (Wildman–Crippen LogP) is 6.37. The lowest BCUT2D eigenvalue weighted by molar-refractivity contribution is 0.0435. The summed E-state index contributed by atoms with van der Waals surface area (Å²) in [5.74, 6) is 2.90. The van der Waals surface area contributed by atoms with Gasteiger partial charge in [0, 0.05) is 10.6 Å². The summed E-state index contributed by atoms with van der Waals surface area (Å²) >= 11 is 1.54. The second-order valence-electron chi connectivity index (χ2n) is 9.71. The molecule has 0 spiro atoms. The van der Waals surface area contributed by atoms with E-state index >= 15 is 0 Å². The predicted molar refractivity (Wildman–Crippen MR) is 162 cm³/mol. The lowest BCUT2D eigenvalue weighted by Crippen LogP contribution is -2.12. The molecule has 1 aliphatic heterocycles. The van der Waals surface area contributed by atoms with Crippen molar-refractivity contribution in [2.45, 2.75) is 48.2 Å². The molecule has 0 amide bonds. The molecule has 1 heterocycles. The van der Waals surface area contributed by atoms with Gasteiger partial charge in [-0.1, -0.05) is 6.92 Å². The molecule has 2 unspecified atom stereocenters. The van der Waals surface area contributed by atoms with Crippen LogP contribution in [0.5, 0.6) is 34.5 Å². The average Bonchev–Trinajstić information content (AvgIpc) is 3.49. The maximum atomic E-state index is 13.4. The van der Waals surface area contributed by atoms with Gasteiger partial charge in [0.2, 0.25) is 5.75 Å². The van der Waals surface area contributed by atoms with E-state index in [1.807, 2.05) is 31.2 Å². The van der Waals surface area contributed by atoms with E-state index in [4.69, 9.17) is 28.4 Å². The SMILES string of the molecule is CCCS(=O)(=O)c1cc(C2CCC(c3cc(OC)c(OC)c(OC)c3)O2)cc(OC)c1OCCSc1ccc(O)cc1. The maximum absolute atomic E-state index is 13.4. The van der Waals surface area contributed by atoms with E-state index in [2.05, 4.69) is 0 Å². The number of thioether (sulfide) groups is 1. The monoisotopic (exact) mass is 618 g/mol. The zero-order valence-electron chi connectivity index (χ0n) is 24.5. The largest absolute Gasteiger partial charge is 0.508 e. The van der Waals surface area contributed by atoms with E-state index in [1.165, 1.54) is 7.11 Å². The van der Waals surface area contributed by atoms with Crippen LogP contribution in [0, 0.1) is 0 Å². The number of methoxy groups -OCH3 is 4. The van der Waals surface area contributed by atoms with Crippen molar-refractivity contribution in [1.29, 1.82) is 0 Å². The molecule has 228 valence electrons.